The van der Waals surface area contributed by atoms with E-state index in [4.69, 9.17) is 0 Å². The summed E-state index contributed by atoms with van der Waals surface area (Å²) in [4.78, 5) is 24.3. The van der Waals surface area contributed by atoms with Crippen molar-refractivity contribution in [2.45, 2.75) is 40.2 Å². The van der Waals surface area contributed by atoms with Crippen LogP contribution in [0.5, 0.6) is 0 Å². The van der Waals surface area contributed by atoms with Crippen LogP contribution in [0.25, 0.3) is 0 Å². The van der Waals surface area contributed by atoms with E-state index >= 15 is 0 Å². The van der Waals surface area contributed by atoms with Gasteiger partial charge in [0.15, 0.2) is 0 Å². The monoisotopic (exact) mass is 425 g/mol. The molecule has 0 fully saturated rings. The Balaban J connectivity index is 0.00000256. The smallest absolute Gasteiger partial charge is 0.230 e. The van der Waals surface area contributed by atoms with E-state index < -0.39 is 0 Å². The van der Waals surface area contributed by atoms with Crippen molar-refractivity contribution >= 4 is 24.0 Å². The first-order valence-electron chi connectivity index (χ1n) is 9.86. The van der Waals surface area contributed by atoms with Gasteiger partial charge >= 0.3 is 0 Å². The molecule has 0 N–H and O–H groups in total. The third kappa shape index (κ3) is 3.94. The van der Waals surface area contributed by atoms with E-state index in [2.05, 4.69) is 46.9 Å². The van der Waals surface area contributed by atoms with Crippen LogP contribution in [-0.2, 0) is 6.42 Å². The molecule has 0 spiro atoms. The maximum atomic E-state index is 13.2. The van der Waals surface area contributed by atoms with Gasteiger partial charge in [-0.2, -0.15) is 0 Å². The summed E-state index contributed by atoms with van der Waals surface area (Å²) >= 11 is 0. The van der Waals surface area contributed by atoms with E-state index in [0.29, 0.717) is 5.56 Å². The van der Waals surface area contributed by atoms with Crippen LogP contribution < -0.4 is 4.90 Å². The summed E-state index contributed by atoms with van der Waals surface area (Å²) in [6, 6.07) is 12.2. The molecule has 156 valence electrons. The van der Waals surface area contributed by atoms with Crippen molar-refractivity contribution in [3.8, 4) is 0 Å². The molecular weight excluding hydrogens is 401 g/mol. The van der Waals surface area contributed by atoms with E-state index in [1.54, 1.807) is 0 Å². The van der Waals surface area contributed by atoms with Crippen LogP contribution in [0, 0.1) is 26.6 Å². The zero-order valence-electron chi connectivity index (χ0n) is 17.6. The van der Waals surface area contributed by atoms with Gasteiger partial charge in [0, 0.05) is 23.4 Å². The maximum Gasteiger partial charge on any atom is 0.230 e. The zero-order chi connectivity index (χ0) is 20.7. The Morgan fingerprint density at radius 3 is 2.47 bits per heavy atom. The van der Waals surface area contributed by atoms with Crippen molar-refractivity contribution in [2.24, 2.45) is 0 Å². The van der Waals surface area contributed by atoms with Gasteiger partial charge in [0.2, 0.25) is 11.6 Å². The topological polar surface area (TPSA) is 46.1 Å². The molecule has 0 saturated heterocycles. The highest BCUT2D eigenvalue weighted by molar-refractivity contribution is 6.06. The summed E-state index contributed by atoms with van der Waals surface area (Å²) in [5.74, 6) is 0.271. The first kappa shape index (κ1) is 21.9. The van der Waals surface area contributed by atoms with Crippen LogP contribution in [0.15, 0.2) is 42.5 Å². The highest BCUT2D eigenvalue weighted by atomic mass is 35.5. The number of hydrogen-bond donors (Lipinski definition) is 0. The molecule has 2 aromatic carbocycles. The minimum absolute atomic E-state index is 0. The van der Waals surface area contributed by atoms with Crippen molar-refractivity contribution in [3.63, 3.8) is 0 Å². The number of rotatable bonds is 3. The summed E-state index contributed by atoms with van der Waals surface area (Å²) in [5.41, 5.74) is 6.08. The molecule has 6 heteroatoms. The minimum atomic E-state index is -0.376. The van der Waals surface area contributed by atoms with Crippen molar-refractivity contribution in [3.05, 3.63) is 87.6 Å². The lowest BCUT2D eigenvalue weighted by atomic mass is 9.92. The van der Waals surface area contributed by atoms with E-state index in [0.717, 1.165) is 30.0 Å². The third-order valence-electron chi connectivity index (χ3n) is 5.78. The number of carbonyl (C=O) groups is 1. The number of halogens is 2. The molecule has 1 aromatic heterocycles. The second kappa shape index (κ2) is 8.52. The molecular formula is C24H25ClFN3O. The van der Waals surface area contributed by atoms with Gasteiger partial charge in [-0.1, -0.05) is 23.8 Å². The first-order valence-corrected chi connectivity index (χ1v) is 9.86. The SMILES string of the molecule is Cc1ccc2c(c1)CCN(c1nc(C(=O)c3ccc(F)cc3)nc(C)c1C)C2C.Cl. The lowest BCUT2D eigenvalue weighted by Gasteiger charge is -2.37. The summed E-state index contributed by atoms with van der Waals surface area (Å²) in [7, 11) is 0. The molecule has 1 unspecified atom stereocenters. The molecule has 4 rings (SSSR count). The van der Waals surface area contributed by atoms with Gasteiger partial charge in [-0.3, -0.25) is 4.79 Å². The van der Waals surface area contributed by atoms with Crippen LogP contribution in [0.4, 0.5) is 10.2 Å². The van der Waals surface area contributed by atoms with Crippen LogP contribution in [0.2, 0.25) is 0 Å². The van der Waals surface area contributed by atoms with E-state index in [9.17, 15) is 9.18 Å². The Bertz CT molecular complexity index is 1100. The molecule has 1 aliphatic heterocycles. The maximum absolute atomic E-state index is 13.2. The standard InChI is InChI=1S/C24H24FN3O.ClH/c1-14-5-10-21-17(4)28(12-11-19(21)13-14)24-15(2)16(3)26-23(27-24)22(29)18-6-8-20(25)9-7-18;/h5-10,13,17H,11-12H2,1-4H3;1H. The number of benzene rings is 2. The molecule has 4 nitrogen and oxygen atoms in total. The number of hydrogen-bond acceptors (Lipinski definition) is 4. The van der Waals surface area contributed by atoms with Crippen molar-refractivity contribution in [1.82, 2.24) is 9.97 Å². The Labute approximate surface area is 182 Å². The predicted molar refractivity (Wildman–Crippen MR) is 119 cm³/mol. The molecule has 3 aromatic rings. The van der Waals surface area contributed by atoms with E-state index in [1.165, 1.54) is 41.0 Å². The van der Waals surface area contributed by atoms with Crippen LogP contribution in [0.1, 0.15) is 57.1 Å². The fraction of sp³-hybridized carbons (Fsp3) is 0.292. The largest absolute Gasteiger partial charge is 0.349 e. The first-order chi connectivity index (χ1) is 13.8. The van der Waals surface area contributed by atoms with Gasteiger partial charge in [0.1, 0.15) is 11.6 Å². The number of ketones is 1. The molecule has 0 saturated carbocycles. The number of nitrogens with zero attached hydrogens (tertiary/aromatic N) is 3. The molecule has 0 radical (unpaired) electrons. The van der Waals surface area contributed by atoms with Gasteiger partial charge in [-0.25, -0.2) is 14.4 Å². The molecule has 0 aliphatic carbocycles. The van der Waals surface area contributed by atoms with Gasteiger partial charge in [0.25, 0.3) is 0 Å². The number of aryl methyl sites for hydroxylation is 2. The van der Waals surface area contributed by atoms with Crippen LogP contribution >= 0.6 is 12.4 Å². The second-order valence-electron chi connectivity index (χ2n) is 7.74. The Hall–Kier alpha value is -2.79. The summed E-state index contributed by atoms with van der Waals surface area (Å²) in [5, 5.41) is 0. The molecule has 2 heterocycles. The molecule has 0 bridgehead atoms. The number of aromatic nitrogens is 2. The average Bonchev–Trinajstić information content (AvgIpc) is 2.70. The fourth-order valence-corrected chi connectivity index (χ4v) is 3.98. The zero-order valence-corrected chi connectivity index (χ0v) is 18.4. The fourth-order valence-electron chi connectivity index (χ4n) is 3.98. The van der Waals surface area contributed by atoms with Crippen LogP contribution in [-0.4, -0.2) is 22.3 Å². The quantitative estimate of drug-likeness (QED) is 0.533. The predicted octanol–water partition coefficient (Wildman–Crippen LogP) is 5.32. The van der Waals surface area contributed by atoms with Crippen molar-refractivity contribution in [2.75, 3.05) is 11.4 Å². The summed E-state index contributed by atoms with van der Waals surface area (Å²) < 4.78 is 13.2. The normalized spacial score (nSPS) is 15.4. The number of fused-ring (bicyclic) bond motifs is 1. The van der Waals surface area contributed by atoms with Gasteiger partial charge < -0.3 is 4.90 Å². The summed E-state index contributed by atoms with van der Waals surface area (Å²) in [6.07, 6.45) is 0.936. The van der Waals surface area contributed by atoms with Crippen molar-refractivity contribution in [1.29, 1.82) is 0 Å². The van der Waals surface area contributed by atoms with Gasteiger partial charge in [0.05, 0.1) is 6.04 Å². The van der Waals surface area contributed by atoms with Gasteiger partial charge in [-0.05, 0) is 69.5 Å². The second-order valence-corrected chi connectivity index (χ2v) is 7.74. The highest BCUT2D eigenvalue weighted by Crippen LogP contribution is 2.35. The molecule has 1 atom stereocenters. The van der Waals surface area contributed by atoms with Gasteiger partial charge in [-0.15, -0.1) is 12.4 Å². The Morgan fingerprint density at radius 2 is 1.77 bits per heavy atom. The third-order valence-corrected chi connectivity index (χ3v) is 5.78. The van der Waals surface area contributed by atoms with Crippen molar-refractivity contribution < 1.29 is 9.18 Å². The lowest BCUT2D eigenvalue weighted by Crippen LogP contribution is -2.35. The van der Waals surface area contributed by atoms with Crippen LogP contribution in [0.3, 0.4) is 0 Å². The number of anilines is 1. The average molecular weight is 426 g/mol. The number of carbonyl (C=O) groups excluding carboxylic acids is 1. The van der Waals surface area contributed by atoms with E-state index in [-0.39, 0.29) is 35.9 Å². The molecule has 30 heavy (non-hydrogen) atoms. The lowest BCUT2D eigenvalue weighted by molar-refractivity contribution is 0.102. The van der Waals surface area contributed by atoms with E-state index in [1.807, 2.05) is 13.8 Å². The molecule has 1 aliphatic rings. The Morgan fingerprint density at radius 1 is 1.07 bits per heavy atom. The minimum Gasteiger partial charge on any atom is -0.349 e. The highest BCUT2D eigenvalue weighted by Gasteiger charge is 2.28. The Kier molecular flexibility index (Phi) is 6.22. The molecule has 0 amide bonds. The summed E-state index contributed by atoms with van der Waals surface area (Å²) in [6.45, 7) is 9.01.